The molecule has 3 heterocycles. The third-order valence-corrected chi connectivity index (χ3v) is 4.39. The monoisotopic (exact) mass is 278 g/mol. The van der Waals surface area contributed by atoms with Crippen LogP contribution in [0.25, 0.3) is 10.6 Å². The first-order chi connectivity index (χ1) is 9.33. The minimum atomic E-state index is 0.354. The summed E-state index contributed by atoms with van der Waals surface area (Å²) in [5, 5.41) is 6.60. The van der Waals surface area contributed by atoms with Crippen molar-refractivity contribution in [2.24, 2.45) is 0 Å². The average molecular weight is 278 g/mol. The quantitative estimate of drug-likeness (QED) is 0.913. The van der Waals surface area contributed by atoms with E-state index >= 15 is 0 Å². The van der Waals surface area contributed by atoms with Gasteiger partial charge in [-0.3, -0.25) is 0 Å². The van der Waals surface area contributed by atoms with Gasteiger partial charge in [0.2, 0.25) is 0 Å². The summed E-state index contributed by atoms with van der Waals surface area (Å²) in [6.45, 7) is 3.87. The molecule has 3 rings (SSSR count). The molecule has 2 aromatic rings. The van der Waals surface area contributed by atoms with Crippen LogP contribution in [-0.2, 0) is 11.3 Å². The Balaban J connectivity index is 1.55. The Kier molecular flexibility index (Phi) is 3.96. The Labute approximate surface area is 116 Å². The Bertz CT molecular complexity index is 503. The van der Waals surface area contributed by atoms with Crippen molar-refractivity contribution in [3.63, 3.8) is 0 Å². The lowest BCUT2D eigenvalue weighted by molar-refractivity contribution is 0.0831. The average Bonchev–Trinajstić information content (AvgIpc) is 3.14. The molecular weight excluding hydrogens is 260 g/mol. The number of aromatic nitrogens is 1. The fraction of sp³-hybridized carbons (Fsp3) is 0.500. The number of thiazole rings is 1. The van der Waals surface area contributed by atoms with Gasteiger partial charge in [0.15, 0.2) is 0 Å². The Morgan fingerprint density at radius 3 is 3.26 bits per heavy atom. The molecule has 0 aliphatic carbocycles. The van der Waals surface area contributed by atoms with Crippen molar-refractivity contribution in [1.29, 1.82) is 0 Å². The fourth-order valence-corrected chi connectivity index (χ4v) is 3.11. The summed E-state index contributed by atoms with van der Waals surface area (Å²) in [6.07, 6.45) is 6.09. The van der Waals surface area contributed by atoms with Crippen LogP contribution in [0.15, 0.2) is 28.4 Å². The number of furan rings is 1. The van der Waals surface area contributed by atoms with Crippen LogP contribution in [0.3, 0.4) is 0 Å². The highest BCUT2D eigenvalue weighted by atomic mass is 32.1. The first-order valence-electron chi connectivity index (χ1n) is 6.65. The van der Waals surface area contributed by atoms with Gasteiger partial charge in [-0.05, 0) is 25.8 Å². The molecule has 1 saturated heterocycles. The van der Waals surface area contributed by atoms with Gasteiger partial charge in [-0.1, -0.05) is 0 Å². The topological polar surface area (TPSA) is 47.3 Å². The summed E-state index contributed by atoms with van der Waals surface area (Å²) in [4.78, 5) is 4.61. The molecule has 2 atom stereocenters. The van der Waals surface area contributed by atoms with Crippen LogP contribution in [0, 0.1) is 0 Å². The molecule has 1 aliphatic heterocycles. The second-order valence-electron chi connectivity index (χ2n) is 4.88. The predicted molar refractivity (Wildman–Crippen MR) is 75.1 cm³/mol. The second kappa shape index (κ2) is 5.86. The molecule has 0 radical (unpaired) electrons. The van der Waals surface area contributed by atoms with Crippen molar-refractivity contribution in [3.05, 3.63) is 29.7 Å². The van der Waals surface area contributed by atoms with E-state index in [4.69, 9.17) is 9.15 Å². The number of rotatable bonds is 5. The van der Waals surface area contributed by atoms with E-state index in [0.29, 0.717) is 12.1 Å². The van der Waals surface area contributed by atoms with Crippen LogP contribution in [-0.4, -0.2) is 23.7 Å². The molecule has 102 valence electrons. The summed E-state index contributed by atoms with van der Waals surface area (Å²) in [7, 11) is 0. The zero-order chi connectivity index (χ0) is 13.1. The lowest BCUT2D eigenvalue weighted by Crippen LogP contribution is -2.36. The van der Waals surface area contributed by atoms with Gasteiger partial charge in [-0.25, -0.2) is 4.98 Å². The third-order valence-electron chi connectivity index (χ3n) is 3.45. The number of ether oxygens (including phenoxy) is 1. The van der Waals surface area contributed by atoms with Gasteiger partial charge in [0.25, 0.3) is 0 Å². The largest absolute Gasteiger partial charge is 0.472 e. The van der Waals surface area contributed by atoms with Crippen molar-refractivity contribution >= 4 is 11.3 Å². The lowest BCUT2D eigenvalue weighted by Gasteiger charge is -2.19. The number of nitrogens with zero attached hydrogens (tertiary/aromatic N) is 1. The van der Waals surface area contributed by atoms with Gasteiger partial charge in [-0.2, -0.15) is 0 Å². The maximum atomic E-state index is 5.67. The van der Waals surface area contributed by atoms with Gasteiger partial charge >= 0.3 is 0 Å². The van der Waals surface area contributed by atoms with Crippen LogP contribution >= 0.6 is 11.3 Å². The van der Waals surface area contributed by atoms with E-state index in [-0.39, 0.29) is 0 Å². The van der Waals surface area contributed by atoms with Gasteiger partial charge in [0, 0.05) is 30.1 Å². The predicted octanol–water partition coefficient (Wildman–Crippen LogP) is 3.06. The fourth-order valence-electron chi connectivity index (χ4n) is 2.30. The highest BCUT2D eigenvalue weighted by Crippen LogP contribution is 2.24. The van der Waals surface area contributed by atoms with Gasteiger partial charge in [0.1, 0.15) is 11.3 Å². The van der Waals surface area contributed by atoms with Crippen LogP contribution < -0.4 is 5.32 Å². The Hall–Kier alpha value is -1.17. The zero-order valence-corrected chi connectivity index (χ0v) is 11.8. The van der Waals surface area contributed by atoms with E-state index in [0.717, 1.165) is 35.8 Å². The molecule has 0 unspecified atom stereocenters. The summed E-state index contributed by atoms with van der Waals surface area (Å²) in [6, 6.07) is 2.31. The summed E-state index contributed by atoms with van der Waals surface area (Å²) < 4.78 is 10.8. The second-order valence-corrected chi connectivity index (χ2v) is 5.74. The highest BCUT2D eigenvalue weighted by molar-refractivity contribution is 7.13. The number of nitrogens with one attached hydrogen (secondary N) is 1. The van der Waals surface area contributed by atoms with Crippen LogP contribution in [0.5, 0.6) is 0 Å². The zero-order valence-electron chi connectivity index (χ0n) is 11.0. The molecule has 4 nitrogen and oxygen atoms in total. The van der Waals surface area contributed by atoms with E-state index in [1.807, 2.05) is 6.07 Å². The van der Waals surface area contributed by atoms with Crippen molar-refractivity contribution in [2.45, 2.75) is 38.5 Å². The maximum Gasteiger partial charge on any atom is 0.126 e. The molecular formula is C14H18N2O2S. The summed E-state index contributed by atoms with van der Waals surface area (Å²) in [5.74, 6) is 0. The van der Waals surface area contributed by atoms with E-state index in [2.05, 4.69) is 22.6 Å². The molecule has 1 N–H and O–H groups in total. The normalized spacial score (nSPS) is 20.8. The molecule has 0 saturated carbocycles. The van der Waals surface area contributed by atoms with E-state index in [1.54, 1.807) is 23.9 Å². The Morgan fingerprint density at radius 1 is 1.58 bits per heavy atom. The molecule has 5 heteroatoms. The molecule has 19 heavy (non-hydrogen) atoms. The number of hydrogen-bond acceptors (Lipinski definition) is 5. The van der Waals surface area contributed by atoms with E-state index < -0.39 is 0 Å². The van der Waals surface area contributed by atoms with Gasteiger partial charge < -0.3 is 14.5 Å². The van der Waals surface area contributed by atoms with Gasteiger partial charge in [0.05, 0.1) is 18.1 Å². The molecule has 0 spiro atoms. The minimum absolute atomic E-state index is 0.354. The van der Waals surface area contributed by atoms with Crippen LogP contribution in [0.1, 0.15) is 25.5 Å². The van der Waals surface area contributed by atoms with E-state index in [1.165, 1.54) is 6.42 Å². The smallest absolute Gasteiger partial charge is 0.126 e. The van der Waals surface area contributed by atoms with Crippen molar-refractivity contribution in [2.75, 3.05) is 6.61 Å². The van der Waals surface area contributed by atoms with Gasteiger partial charge in [-0.15, -0.1) is 11.3 Å². The third kappa shape index (κ3) is 3.05. The molecule has 2 aromatic heterocycles. The molecule has 1 aliphatic rings. The SMILES string of the molecule is C[C@@H](NCc1csc(-c2ccoc2)n1)[C@H]1CCCO1. The molecule has 1 fully saturated rings. The summed E-state index contributed by atoms with van der Waals surface area (Å²) in [5.41, 5.74) is 2.12. The highest BCUT2D eigenvalue weighted by Gasteiger charge is 2.21. The maximum absolute atomic E-state index is 5.67. The lowest BCUT2D eigenvalue weighted by atomic mass is 10.1. The first-order valence-corrected chi connectivity index (χ1v) is 7.53. The summed E-state index contributed by atoms with van der Waals surface area (Å²) >= 11 is 1.65. The Morgan fingerprint density at radius 2 is 2.53 bits per heavy atom. The van der Waals surface area contributed by atoms with E-state index in [9.17, 15) is 0 Å². The first kappa shape index (κ1) is 12.8. The number of hydrogen-bond donors (Lipinski definition) is 1. The van der Waals surface area contributed by atoms with Crippen molar-refractivity contribution in [1.82, 2.24) is 10.3 Å². The molecule has 0 amide bonds. The van der Waals surface area contributed by atoms with Crippen molar-refractivity contribution < 1.29 is 9.15 Å². The standard InChI is InChI=1S/C14H18N2O2S/c1-10(13-3-2-5-18-13)15-7-12-9-19-14(16-12)11-4-6-17-8-11/h4,6,8-10,13,15H,2-3,5,7H2,1H3/t10-,13-/m1/s1. The van der Waals surface area contributed by atoms with Crippen LogP contribution in [0.4, 0.5) is 0 Å². The van der Waals surface area contributed by atoms with Crippen LogP contribution in [0.2, 0.25) is 0 Å². The van der Waals surface area contributed by atoms with Crippen molar-refractivity contribution in [3.8, 4) is 10.6 Å². The minimum Gasteiger partial charge on any atom is -0.472 e. The molecule has 0 bridgehead atoms. The molecule has 0 aromatic carbocycles.